The summed E-state index contributed by atoms with van der Waals surface area (Å²) in [7, 11) is -4.28. The Hall–Kier alpha value is 0.0900. The van der Waals surface area contributed by atoms with E-state index in [0.29, 0.717) is 5.02 Å². The summed E-state index contributed by atoms with van der Waals surface area (Å²) in [6.45, 7) is -0.645. The highest BCUT2D eigenvalue weighted by molar-refractivity contribution is 7.82. The van der Waals surface area contributed by atoms with Crippen LogP contribution in [0.3, 0.4) is 0 Å². The van der Waals surface area contributed by atoms with Gasteiger partial charge in [-0.1, -0.05) is 46.4 Å². The van der Waals surface area contributed by atoms with Gasteiger partial charge >= 0.3 is 10.4 Å². The highest BCUT2D eigenvalue weighted by atomic mass is 35.6. The second kappa shape index (κ2) is 5.82. The summed E-state index contributed by atoms with van der Waals surface area (Å²) in [6, 6.07) is 5.64. The predicted octanol–water partition coefficient (Wildman–Crippen LogP) is 3.35. The van der Waals surface area contributed by atoms with Gasteiger partial charge in [-0.2, -0.15) is 8.42 Å². The summed E-state index contributed by atoms with van der Waals surface area (Å²) in [5.74, 6) is 0.0405. The average Bonchev–Trinajstić information content (AvgIpc) is 2.18. The van der Waals surface area contributed by atoms with Gasteiger partial charge in [0, 0.05) is 5.02 Å². The van der Waals surface area contributed by atoms with E-state index in [2.05, 4.69) is 8.37 Å². The molecule has 0 radical (unpaired) electrons. The molecule has 1 aromatic carbocycles. The van der Waals surface area contributed by atoms with Crippen molar-refractivity contribution in [2.75, 3.05) is 6.61 Å². The summed E-state index contributed by atoms with van der Waals surface area (Å²) in [5.41, 5.74) is 0. The van der Waals surface area contributed by atoms with Crippen molar-refractivity contribution in [2.45, 2.75) is 3.79 Å². The highest BCUT2D eigenvalue weighted by Crippen LogP contribution is 2.27. The van der Waals surface area contributed by atoms with E-state index in [1.54, 1.807) is 0 Å². The molecule has 1 rings (SSSR count). The molecule has 0 fully saturated rings. The third-order valence-electron chi connectivity index (χ3n) is 1.38. The lowest BCUT2D eigenvalue weighted by Gasteiger charge is -2.11. The number of halogens is 4. The molecule has 0 atom stereocenters. The van der Waals surface area contributed by atoms with E-state index in [1.807, 2.05) is 0 Å². The topological polar surface area (TPSA) is 52.6 Å². The average molecular weight is 340 g/mol. The highest BCUT2D eigenvalue weighted by Gasteiger charge is 2.25. The predicted molar refractivity (Wildman–Crippen MR) is 67.2 cm³/mol. The van der Waals surface area contributed by atoms with Gasteiger partial charge in [0.25, 0.3) is 0 Å². The molecule has 0 aliphatic heterocycles. The molecule has 9 heteroatoms. The Morgan fingerprint density at radius 1 is 1.12 bits per heavy atom. The van der Waals surface area contributed by atoms with Gasteiger partial charge in [0.1, 0.15) is 12.4 Å². The smallest absolute Gasteiger partial charge is 0.362 e. The van der Waals surface area contributed by atoms with Crippen LogP contribution in [0.15, 0.2) is 24.3 Å². The van der Waals surface area contributed by atoms with Gasteiger partial charge in [0.15, 0.2) is 0 Å². The van der Waals surface area contributed by atoms with Crippen LogP contribution < -0.4 is 4.18 Å². The van der Waals surface area contributed by atoms with Crippen molar-refractivity contribution in [1.29, 1.82) is 0 Å². The standard InChI is InChI=1S/C8H6Cl4O4S/c9-6-1-3-7(4-2-6)16-17(13,14)15-5-8(10,11)12/h1-4H,5H2. The Bertz CT molecular complexity index is 465. The van der Waals surface area contributed by atoms with Crippen molar-refractivity contribution in [3.63, 3.8) is 0 Å². The van der Waals surface area contributed by atoms with E-state index in [4.69, 9.17) is 46.4 Å². The van der Waals surface area contributed by atoms with Gasteiger partial charge in [0.2, 0.25) is 3.79 Å². The van der Waals surface area contributed by atoms with Crippen molar-refractivity contribution in [2.24, 2.45) is 0 Å². The van der Waals surface area contributed by atoms with Crippen molar-refractivity contribution in [3.8, 4) is 5.75 Å². The van der Waals surface area contributed by atoms with Gasteiger partial charge in [-0.05, 0) is 24.3 Å². The van der Waals surface area contributed by atoms with Crippen LogP contribution in [0, 0.1) is 0 Å². The first kappa shape index (κ1) is 15.1. The van der Waals surface area contributed by atoms with Crippen LogP contribution in [0.25, 0.3) is 0 Å². The first-order valence-corrected chi connectivity index (χ1v) is 6.94. The monoisotopic (exact) mass is 338 g/mol. The van der Waals surface area contributed by atoms with Gasteiger partial charge in [0.05, 0.1) is 0 Å². The Balaban J connectivity index is 2.64. The van der Waals surface area contributed by atoms with Crippen LogP contribution in [0.2, 0.25) is 5.02 Å². The van der Waals surface area contributed by atoms with Crippen LogP contribution in [0.4, 0.5) is 0 Å². The van der Waals surface area contributed by atoms with Crippen LogP contribution in [-0.4, -0.2) is 18.8 Å². The Labute approximate surface area is 119 Å². The fourth-order valence-corrected chi connectivity index (χ4v) is 1.97. The molecule has 0 aliphatic carbocycles. The maximum absolute atomic E-state index is 11.3. The maximum atomic E-state index is 11.3. The van der Waals surface area contributed by atoms with E-state index in [1.165, 1.54) is 24.3 Å². The summed E-state index contributed by atoms with van der Waals surface area (Å²) in [6.07, 6.45) is 0. The summed E-state index contributed by atoms with van der Waals surface area (Å²) < 4.78 is 29.6. The summed E-state index contributed by atoms with van der Waals surface area (Å²) in [5, 5.41) is 0.442. The van der Waals surface area contributed by atoms with E-state index < -0.39 is 20.8 Å². The third-order valence-corrected chi connectivity index (χ3v) is 2.76. The number of benzene rings is 1. The molecule has 0 aromatic heterocycles. The van der Waals surface area contributed by atoms with Crippen LogP contribution in [-0.2, 0) is 14.6 Å². The van der Waals surface area contributed by atoms with Gasteiger partial charge in [-0.15, -0.1) is 0 Å². The van der Waals surface area contributed by atoms with Crippen LogP contribution in [0.5, 0.6) is 5.75 Å². The zero-order valence-electron chi connectivity index (χ0n) is 8.07. The minimum absolute atomic E-state index is 0.0405. The minimum atomic E-state index is -4.28. The van der Waals surface area contributed by atoms with Gasteiger partial charge in [-0.25, -0.2) is 4.18 Å². The molecule has 0 N–H and O–H groups in total. The molecule has 0 unspecified atom stereocenters. The van der Waals surface area contributed by atoms with Crippen molar-refractivity contribution in [3.05, 3.63) is 29.3 Å². The fourth-order valence-electron chi connectivity index (χ4n) is 0.771. The van der Waals surface area contributed by atoms with Crippen LogP contribution >= 0.6 is 46.4 Å². The van der Waals surface area contributed by atoms with E-state index in [-0.39, 0.29) is 5.75 Å². The maximum Gasteiger partial charge on any atom is 0.449 e. The number of alkyl halides is 3. The van der Waals surface area contributed by atoms with E-state index in [0.717, 1.165) is 0 Å². The SMILES string of the molecule is O=S(=O)(OCC(Cl)(Cl)Cl)Oc1ccc(Cl)cc1. The third kappa shape index (κ3) is 6.55. The molecular formula is C8H6Cl4O4S. The second-order valence-electron chi connectivity index (χ2n) is 2.82. The molecule has 0 amide bonds. The van der Waals surface area contributed by atoms with Crippen molar-refractivity contribution < 1.29 is 16.8 Å². The zero-order valence-corrected chi connectivity index (χ0v) is 11.9. The molecule has 4 nitrogen and oxygen atoms in total. The van der Waals surface area contributed by atoms with E-state index >= 15 is 0 Å². The molecule has 0 aliphatic rings. The lowest BCUT2D eigenvalue weighted by Crippen LogP contribution is -2.21. The first-order chi connectivity index (χ1) is 7.68. The largest absolute Gasteiger partial charge is 0.449 e. The van der Waals surface area contributed by atoms with Crippen molar-refractivity contribution >= 4 is 56.8 Å². The molecule has 0 spiro atoms. The Kier molecular flexibility index (Phi) is 5.19. The van der Waals surface area contributed by atoms with Crippen LogP contribution in [0.1, 0.15) is 0 Å². The lowest BCUT2D eigenvalue weighted by molar-refractivity contribution is 0.279. The normalized spacial score (nSPS) is 12.5. The zero-order chi connectivity index (χ0) is 13.1. The molecule has 0 heterocycles. The van der Waals surface area contributed by atoms with Crippen molar-refractivity contribution in [1.82, 2.24) is 0 Å². The molecular weight excluding hydrogens is 334 g/mol. The van der Waals surface area contributed by atoms with Gasteiger partial charge in [-0.3, -0.25) is 0 Å². The quantitative estimate of drug-likeness (QED) is 0.789. The Morgan fingerprint density at radius 3 is 2.12 bits per heavy atom. The fraction of sp³-hybridized carbons (Fsp3) is 0.250. The Morgan fingerprint density at radius 2 is 1.65 bits per heavy atom. The number of hydrogen-bond donors (Lipinski definition) is 0. The minimum Gasteiger partial charge on any atom is -0.362 e. The molecule has 96 valence electrons. The molecule has 1 aromatic rings. The number of hydrogen-bond acceptors (Lipinski definition) is 4. The number of rotatable bonds is 4. The van der Waals surface area contributed by atoms with Gasteiger partial charge < -0.3 is 4.18 Å². The molecule has 17 heavy (non-hydrogen) atoms. The first-order valence-electron chi connectivity index (χ1n) is 4.09. The summed E-state index contributed by atoms with van der Waals surface area (Å²) in [4.78, 5) is 0. The summed E-state index contributed by atoms with van der Waals surface area (Å²) >= 11 is 21.6. The molecule has 0 saturated carbocycles. The molecule has 0 saturated heterocycles. The van der Waals surface area contributed by atoms with E-state index in [9.17, 15) is 8.42 Å². The molecule has 0 bridgehead atoms. The lowest BCUT2D eigenvalue weighted by atomic mass is 10.3. The second-order valence-corrected chi connectivity index (χ2v) is 6.99.